The molecule has 5 nitrogen and oxygen atoms in total. The van der Waals surface area contributed by atoms with Crippen molar-refractivity contribution in [3.8, 4) is 5.75 Å². The number of aliphatic imine (C=N–C) groups is 1. The van der Waals surface area contributed by atoms with E-state index in [4.69, 9.17) is 4.74 Å². The maximum atomic E-state index is 9.97. The summed E-state index contributed by atoms with van der Waals surface area (Å²) in [6.07, 6.45) is 4.17. The second kappa shape index (κ2) is 7.88. The summed E-state index contributed by atoms with van der Waals surface area (Å²) in [5, 5.41) is 13.4. The van der Waals surface area contributed by atoms with Crippen molar-refractivity contribution >= 4 is 5.96 Å². The molecule has 0 bridgehead atoms. The SMILES string of the molecule is CN=C(NCC1CCCC1O)N1CCC(c2ccc(OC)cc2)C1. The van der Waals surface area contributed by atoms with Crippen molar-refractivity contribution < 1.29 is 9.84 Å². The molecule has 0 amide bonds. The molecule has 132 valence electrons. The maximum absolute atomic E-state index is 9.97. The Morgan fingerprint density at radius 2 is 2.08 bits per heavy atom. The Hall–Kier alpha value is -1.75. The number of aliphatic hydroxyl groups excluding tert-OH is 1. The van der Waals surface area contributed by atoms with Crippen molar-refractivity contribution in [3.63, 3.8) is 0 Å². The molecule has 3 atom stereocenters. The summed E-state index contributed by atoms with van der Waals surface area (Å²) >= 11 is 0. The highest BCUT2D eigenvalue weighted by atomic mass is 16.5. The van der Waals surface area contributed by atoms with Gasteiger partial charge >= 0.3 is 0 Å². The Morgan fingerprint density at radius 1 is 1.29 bits per heavy atom. The van der Waals surface area contributed by atoms with Crippen LogP contribution in [-0.4, -0.2) is 55.9 Å². The largest absolute Gasteiger partial charge is 0.497 e. The number of ether oxygens (including phenoxy) is 1. The third-order valence-corrected chi connectivity index (χ3v) is 5.43. The van der Waals surface area contributed by atoms with Crippen LogP contribution in [0.15, 0.2) is 29.3 Å². The van der Waals surface area contributed by atoms with E-state index in [9.17, 15) is 5.11 Å². The van der Waals surface area contributed by atoms with Crippen molar-refractivity contribution in [2.24, 2.45) is 10.9 Å². The van der Waals surface area contributed by atoms with Crippen LogP contribution < -0.4 is 10.1 Å². The zero-order valence-corrected chi connectivity index (χ0v) is 14.7. The Labute approximate surface area is 144 Å². The predicted octanol–water partition coefficient (Wildman–Crippen LogP) is 2.22. The van der Waals surface area contributed by atoms with Crippen LogP contribution in [0.25, 0.3) is 0 Å². The van der Waals surface area contributed by atoms with E-state index in [2.05, 4.69) is 27.3 Å². The second-order valence-electron chi connectivity index (χ2n) is 6.89. The fourth-order valence-electron chi connectivity index (χ4n) is 3.91. The van der Waals surface area contributed by atoms with Crippen LogP contribution in [0.5, 0.6) is 5.75 Å². The van der Waals surface area contributed by atoms with Gasteiger partial charge in [-0.3, -0.25) is 4.99 Å². The van der Waals surface area contributed by atoms with Gasteiger partial charge < -0.3 is 20.1 Å². The van der Waals surface area contributed by atoms with Crippen molar-refractivity contribution in [3.05, 3.63) is 29.8 Å². The first-order valence-corrected chi connectivity index (χ1v) is 8.99. The molecule has 1 heterocycles. The standard InChI is InChI=1S/C19H29N3O2/c1-20-19(21-12-15-4-3-5-18(15)23)22-11-10-16(13-22)14-6-8-17(24-2)9-7-14/h6-9,15-16,18,23H,3-5,10-13H2,1-2H3,(H,20,21). The molecule has 2 N–H and O–H groups in total. The van der Waals surface area contributed by atoms with E-state index >= 15 is 0 Å². The quantitative estimate of drug-likeness (QED) is 0.656. The van der Waals surface area contributed by atoms with Crippen LogP contribution in [0.4, 0.5) is 0 Å². The van der Waals surface area contributed by atoms with E-state index in [-0.39, 0.29) is 6.10 Å². The van der Waals surface area contributed by atoms with Gasteiger partial charge in [-0.25, -0.2) is 0 Å². The molecular weight excluding hydrogens is 302 g/mol. The minimum atomic E-state index is -0.152. The van der Waals surface area contributed by atoms with Gasteiger partial charge in [-0.05, 0) is 37.0 Å². The topological polar surface area (TPSA) is 57.1 Å². The van der Waals surface area contributed by atoms with Gasteiger partial charge in [0.05, 0.1) is 13.2 Å². The highest BCUT2D eigenvalue weighted by Crippen LogP contribution is 2.29. The Kier molecular flexibility index (Phi) is 5.61. The molecule has 0 radical (unpaired) electrons. The van der Waals surface area contributed by atoms with Crippen LogP contribution in [0.2, 0.25) is 0 Å². The van der Waals surface area contributed by atoms with E-state index < -0.39 is 0 Å². The van der Waals surface area contributed by atoms with E-state index in [0.29, 0.717) is 11.8 Å². The Morgan fingerprint density at radius 3 is 2.71 bits per heavy atom. The van der Waals surface area contributed by atoms with Crippen molar-refractivity contribution in [1.82, 2.24) is 10.2 Å². The molecule has 1 aromatic carbocycles. The summed E-state index contributed by atoms with van der Waals surface area (Å²) in [5.74, 6) is 2.76. The van der Waals surface area contributed by atoms with Gasteiger partial charge in [-0.2, -0.15) is 0 Å². The Bertz CT molecular complexity index is 558. The third-order valence-electron chi connectivity index (χ3n) is 5.43. The van der Waals surface area contributed by atoms with E-state index in [0.717, 1.165) is 57.0 Å². The number of rotatable bonds is 4. The normalized spacial score (nSPS) is 27.5. The van der Waals surface area contributed by atoms with Gasteiger partial charge in [0.25, 0.3) is 0 Å². The molecule has 2 fully saturated rings. The molecular formula is C19H29N3O2. The summed E-state index contributed by atoms with van der Waals surface area (Å²) in [6.45, 7) is 2.82. The number of likely N-dealkylation sites (tertiary alicyclic amines) is 1. The van der Waals surface area contributed by atoms with Gasteiger partial charge in [-0.15, -0.1) is 0 Å². The molecule has 1 saturated carbocycles. The van der Waals surface area contributed by atoms with Crippen LogP contribution in [0.1, 0.15) is 37.2 Å². The van der Waals surface area contributed by atoms with E-state index in [1.165, 1.54) is 5.56 Å². The van der Waals surface area contributed by atoms with E-state index in [1.54, 1.807) is 7.11 Å². The van der Waals surface area contributed by atoms with Gasteiger partial charge in [0.2, 0.25) is 0 Å². The molecule has 3 unspecified atom stereocenters. The summed E-state index contributed by atoms with van der Waals surface area (Å²) in [6, 6.07) is 8.40. The monoisotopic (exact) mass is 331 g/mol. The fraction of sp³-hybridized carbons (Fsp3) is 0.632. The number of nitrogens with one attached hydrogen (secondary N) is 1. The summed E-state index contributed by atoms with van der Waals surface area (Å²) in [4.78, 5) is 6.77. The second-order valence-corrected chi connectivity index (χ2v) is 6.89. The molecule has 1 aliphatic heterocycles. The van der Waals surface area contributed by atoms with Crippen molar-refractivity contribution in [2.75, 3.05) is 33.8 Å². The van der Waals surface area contributed by atoms with Crippen molar-refractivity contribution in [2.45, 2.75) is 37.7 Å². The lowest BCUT2D eigenvalue weighted by atomic mass is 9.98. The molecule has 1 saturated heterocycles. The lowest BCUT2D eigenvalue weighted by Crippen LogP contribution is -2.42. The minimum Gasteiger partial charge on any atom is -0.497 e. The number of aliphatic hydroxyl groups is 1. The summed E-state index contributed by atoms with van der Waals surface area (Å²) in [5.41, 5.74) is 1.36. The number of methoxy groups -OCH3 is 1. The minimum absolute atomic E-state index is 0.152. The number of hydrogen-bond donors (Lipinski definition) is 2. The average molecular weight is 331 g/mol. The summed E-state index contributed by atoms with van der Waals surface area (Å²) in [7, 11) is 3.54. The first-order valence-electron chi connectivity index (χ1n) is 8.99. The molecule has 3 rings (SSSR count). The molecule has 1 aromatic rings. The number of benzene rings is 1. The van der Waals surface area contributed by atoms with E-state index in [1.807, 2.05) is 19.2 Å². The highest BCUT2D eigenvalue weighted by molar-refractivity contribution is 5.80. The van der Waals surface area contributed by atoms with Crippen LogP contribution >= 0.6 is 0 Å². The first kappa shape index (κ1) is 17.1. The fourth-order valence-corrected chi connectivity index (χ4v) is 3.91. The molecule has 1 aliphatic carbocycles. The van der Waals surface area contributed by atoms with Crippen LogP contribution in [-0.2, 0) is 0 Å². The zero-order valence-electron chi connectivity index (χ0n) is 14.7. The van der Waals surface area contributed by atoms with Gasteiger partial charge in [-0.1, -0.05) is 18.6 Å². The number of guanidine groups is 1. The predicted molar refractivity (Wildman–Crippen MR) is 96.6 cm³/mol. The number of nitrogens with zero attached hydrogens (tertiary/aromatic N) is 2. The third kappa shape index (κ3) is 3.83. The smallest absolute Gasteiger partial charge is 0.193 e. The lowest BCUT2D eigenvalue weighted by molar-refractivity contribution is 0.134. The molecule has 24 heavy (non-hydrogen) atoms. The molecule has 0 aromatic heterocycles. The van der Waals surface area contributed by atoms with Crippen LogP contribution in [0, 0.1) is 5.92 Å². The van der Waals surface area contributed by atoms with Gasteiger partial charge in [0.15, 0.2) is 5.96 Å². The maximum Gasteiger partial charge on any atom is 0.193 e. The van der Waals surface area contributed by atoms with Gasteiger partial charge in [0.1, 0.15) is 5.75 Å². The highest BCUT2D eigenvalue weighted by Gasteiger charge is 2.28. The zero-order chi connectivity index (χ0) is 16.9. The molecule has 2 aliphatic rings. The number of hydrogen-bond acceptors (Lipinski definition) is 3. The molecule has 5 heteroatoms. The lowest BCUT2D eigenvalue weighted by Gasteiger charge is -2.24. The van der Waals surface area contributed by atoms with Crippen molar-refractivity contribution in [1.29, 1.82) is 0 Å². The summed E-state index contributed by atoms with van der Waals surface area (Å²) < 4.78 is 5.24. The van der Waals surface area contributed by atoms with Crippen LogP contribution in [0.3, 0.4) is 0 Å². The van der Waals surface area contributed by atoms with Gasteiger partial charge in [0, 0.05) is 38.5 Å². The molecule has 0 spiro atoms. The first-order chi connectivity index (χ1) is 11.7. The average Bonchev–Trinajstić information content (AvgIpc) is 3.25. The Balaban J connectivity index is 1.54.